The van der Waals surface area contributed by atoms with Crippen molar-refractivity contribution in [3.8, 4) is 0 Å². The topological polar surface area (TPSA) is 88.6 Å². The predicted molar refractivity (Wildman–Crippen MR) is 107 cm³/mol. The number of pyridine rings is 1. The van der Waals surface area contributed by atoms with E-state index < -0.39 is 24.0 Å². The highest BCUT2D eigenvalue weighted by molar-refractivity contribution is 6.06. The summed E-state index contributed by atoms with van der Waals surface area (Å²) >= 11 is 0. The molecule has 7 heteroatoms. The number of amides is 2. The molecule has 2 aliphatic rings. The van der Waals surface area contributed by atoms with E-state index in [9.17, 15) is 14.4 Å². The van der Waals surface area contributed by atoms with Gasteiger partial charge in [0.2, 0.25) is 5.91 Å². The molecule has 29 heavy (non-hydrogen) atoms. The fourth-order valence-corrected chi connectivity index (χ4v) is 4.23. The number of fused-ring (bicyclic) bond motifs is 2. The highest BCUT2D eigenvalue weighted by Crippen LogP contribution is 2.30. The lowest BCUT2D eigenvalue weighted by atomic mass is 10.0. The summed E-state index contributed by atoms with van der Waals surface area (Å²) in [5.74, 6) is -1.06. The standard InChI is InChI=1S/C22H23N3O4/c1-29-22(28)18-11-10-15-7-3-5-9-17(21(27)25(15)18)24-20(26)19-16-8-4-2-6-14(16)12-13-23-19/h2-6,8,12-13,15,17-18H,7,9-11H2,1H3,(H,24,26)/b5-3-. The molecule has 3 atom stereocenters. The molecule has 0 radical (unpaired) electrons. The van der Waals surface area contributed by atoms with Gasteiger partial charge in [-0.05, 0) is 37.1 Å². The van der Waals surface area contributed by atoms with Gasteiger partial charge in [0, 0.05) is 17.6 Å². The number of hydrogen-bond donors (Lipinski definition) is 1. The molecular weight excluding hydrogens is 370 g/mol. The molecule has 0 spiro atoms. The van der Waals surface area contributed by atoms with Crippen molar-refractivity contribution >= 4 is 28.6 Å². The molecule has 0 bridgehead atoms. The van der Waals surface area contributed by atoms with Gasteiger partial charge in [-0.25, -0.2) is 4.79 Å². The van der Waals surface area contributed by atoms with Crippen LogP contribution >= 0.6 is 0 Å². The number of methoxy groups -OCH3 is 1. The van der Waals surface area contributed by atoms with Crippen molar-refractivity contribution in [2.45, 2.75) is 43.8 Å². The quantitative estimate of drug-likeness (QED) is 0.638. The van der Waals surface area contributed by atoms with Crippen LogP contribution in [0.25, 0.3) is 10.8 Å². The van der Waals surface area contributed by atoms with Gasteiger partial charge in [0.05, 0.1) is 7.11 Å². The summed E-state index contributed by atoms with van der Waals surface area (Å²) in [5.41, 5.74) is 0.282. The molecule has 1 saturated heterocycles. The van der Waals surface area contributed by atoms with E-state index in [0.29, 0.717) is 19.3 Å². The van der Waals surface area contributed by atoms with Crippen molar-refractivity contribution in [3.05, 3.63) is 54.4 Å². The Balaban J connectivity index is 1.61. The number of esters is 1. The van der Waals surface area contributed by atoms with Crippen LogP contribution in [0.15, 0.2) is 48.7 Å². The SMILES string of the molecule is COC(=O)C1CCC2C/C=C\CC(NC(=O)c3nccc4ccccc34)C(=O)N21. The Bertz CT molecular complexity index is 982. The fourth-order valence-electron chi connectivity index (χ4n) is 4.23. The summed E-state index contributed by atoms with van der Waals surface area (Å²) in [5, 5.41) is 4.47. The van der Waals surface area contributed by atoms with E-state index in [4.69, 9.17) is 4.74 Å². The summed E-state index contributed by atoms with van der Waals surface area (Å²) in [7, 11) is 1.33. The second-order valence-corrected chi connectivity index (χ2v) is 7.37. The maximum Gasteiger partial charge on any atom is 0.328 e. The smallest absolute Gasteiger partial charge is 0.328 e. The largest absolute Gasteiger partial charge is 0.467 e. The summed E-state index contributed by atoms with van der Waals surface area (Å²) in [6, 6.07) is 7.91. The lowest BCUT2D eigenvalue weighted by molar-refractivity contribution is -0.153. The van der Waals surface area contributed by atoms with E-state index in [1.165, 1.54) is 7.11 Å². The van der Waals surface area contributed by atoms with Crippen molar-refractivity contribution in [1.82, 2.24) is 15.2 Å². The maximum absolute atomic E-state index is 13.3. The molecule has 0 aliphatic carbocycles. The van der Waals surface area contributed by atoms with E-state index in [1.807, 2.05) is 42.5 Å². The van der Waals surface area contributed by atoms with E-state index in [-0.39, 0.29) is 17.6 Å². The zero-order chi connectivity index (χ0) is 20.4. The molecule has 1 aromatic heterocycles. The van der Waals surface area contributed by atoms with Gasteiger partial charge in [-0.1, -0.05) is 36.4 Å². The van der Waals surface area contributed by atoms with Crippen molar-refractivity contribution < 1.29 is 19.1 Å². The average Bonchev–Trinajstić information content (AvgIpc) is 3.16. The number of nitrogens with zero attached hydrogens (tertiary/aromatic N) is 2. The van der Waals surface area contributed by atoms with Gasteiger partial charge < -0.3 is 15.0 Å². The summed E-state index contributed by atoms with van der Waals surface area (Å²) in [4.78, 5) is 44.3. The Morgan fingerprint density at radius 3 is 2.76 bits per heavy atom. The van der Waals surface area contributed by atoms with Crippen LogP contribution < -0.4 is 5.32 Å². The molecule has 1 fully saturated rings. The highest BCUT2D eigenvalue weighted by Gasteiger charge is 2.43. The summed E-state index contributed by atoms with van der Waals surface area (Å²) < 4.78 is 4.89. The zero-order valence-electron chi connectivity index (χ0n) is 16.2. The number of aromatic nitrogens is 1. The number of rotatable bonds is 3. The minimum Gasteiger partial charge on any atom is -0.467 e. The lowest BCUT2D eigenvalue weighted by Crippen LogP contribution is -2.54. The molecule has 3 heterocycles. The Labute approximate surface area is 168 Å². The van der Waals surface area contributed by atoms with E-state index in [0.717, 1.165) is 17.2 Å². The van der Waals surface area contributed by atoms with Crippen LogP contribution in [0.3, 0.4) is 0 Å². The number of ether oxygens (including phenoxy) is 1. The molecule has 2 aliphatic heterocycles. The van der Waals surface area contributed by atoms with E-state index >= 15 is 0 Å². The molecule has 0 saturated carbocycles. The first-order valence-electron chi connectivity index (χ1n) is 9.79. The summed E-state index contributed by atoms with van der Waals surface area (Å²) in [6.07, 6.45) is 7.89. The van der Waals surface area contributed by atoms with Crippen LogP contribution in [-0.4, -0.2) is 52.9 Å². The van der Waals surface area contributed by atoms with Gasteiger partial charge in [0.25, 0.3) is 5.91 Å². The maximum atomic E-state index is 13.3. The first-order valence-corrected chi connectivity index (χ1v) is 9.79. The molecule has 1 N–H and O–H groups in total. The zero-order valence-corrected chi connectivity index (χ0v) is 16.2. The molecule has 150 valence electrons. The van der Waals surface area contributed by atoms with Gasteiger partial charge in [0.1, 0.15) is 17.8 Å². The Morgan fingerprint density at radius 1 is 1.14 bits per heavy atom. The van der Waals surface area contributed by atoms with Crippen molar-refractivity contribution in [3.63, 3.8) is 0 Å². The second kappa shape index (κ2) is 8.03. The van der Waals surface area contributed by atoms with Crippen LogP contribution in [0.5, 0.6) is 0 Å². The Hall–Kier alpha value is -3.22. The van der Waals surface area contributed by atoms with Gasteiger partial charge >= 0.3 is 5.97 Å². The van der Waals surface area contributed by atoms with Crippen molar-refractivity contribution in [1.29, 1.82) is 0 Å². The number of nitrogens with one attached hydrogen (secondary N) is 1. The van der Waals surface area contributed by atoms with Crippen molar-refractivity contribution in [2.24, 2.45) is 0 Å². The molecule has 2 amide bonds. The monoisotopic (exact) mass is 393 g/mol. The number of carbonyl (C=O) groups is 3. The van der Waals surface area contributed by atoms with E-state index in [1.54, 1.807) is 11.1 Å². The minimum absolute atomic E-state index is 0.0572. The second-order valence-electron chi connectivity index (χ2n) is 7.37. The molecule has 3 unspecified atom stereocenters. The van der Waals surface area contributed by atoms with Crippen LogP contribution in [0, 0.1) is 0 Å². The van der Waals surface area contributed by atoms with Crippen LogP contribution in [0.4, 0.5) is 0 Å². The molecular formula is C22H23N3O4. The van der Waals surface area contributed by atoms with Gasteiger partial charge in [0.15, 0.2) is 0 Å². The summed E-state index contributed by atoms with van der Waals surface area (Å²) in [6.45, 7) is 0. The number of carbonyl (C=O) groups excluding carboxylic acids is 3. The normalized spacial score (nSPS) is 25.1. The lowest BCUT2D eigenvalue weighted by Gasteiger charge is -2.33. The van der Waals surface area contributed by atoms with Gasteiger partial charge in [-0.3, -0.25) is 14.6 Å². The molecule has 1 aromatic carbocycles. The van der Waals surface area contributed by atoms with Gasteiger partial charge in [-0.15, -0.1) is 0 Å². The first kappa shape index (κ1) is 19.1. The minimum atomic E-state index is -0.757. The molecule has 7 nitrogen and oxygen atoms in total. The highest BCUT2D eigenvalue weighted by atomic mass is 16.5. The fraction of sp³-hybridized carbons (Fsp3) is 0.364. The third kappa shape index (κ3) is 3.60. The van der Waals surface area contributed by atoms with Crippen LogP contribution in [0.2, 0.25) is 0 Å². The van der Waals surface area contributed by atoms with Gasteiger partial charge in [-0.2, -0.15) is 0 Å². The van der Waals surface area contributed by atoms with Crippen molar-refractivity contribution in [2.75, 3.05) is 7.11 Å². The molecule has 2 aromatic rings. The first-order chi connectivity index (χ1) is 14.1. The van der Waals surface area contributed by atoms with Crippen LogP contribution in [-0.2, 0) is 14.3 Å². The Kier molecular flexibility index (Phi) is 5.29. The third-order valence-electron chi connectivity index (χ3n) is 5.67. The third-order valence-corrected chi connectivity index (χ3v) is 5.67. The molecule has 4 rings (SSSR count). The number of hydrogen-bond acceptors (Lipinski definition) is 5. The predicted octanol–water partition coefficient (Wildman–Crippen LogP) is 2.22. The van der Waals surface area contributed by atoms with E-state index in [2.05, 4.69) is 10.3 Å². The Morgan fingerprint density at radius 2 is 1.93 bits per heavy atom. The number of benzene rings is 1. The average molecular weight is 393 g/mol. The van der Waals surface area contributed by atoms with Crippen LogP contribution in [0.1, 0.15) is 36.2 Å².